The van der Waals surface area contributed by atoms with Gasteiger partial charge in [-0.2, -0.15) is 0 Å². The number of halogens is 1. The van der Waals surface area contributed by atoms with Crippen LogP contribution in [0.2, 0.25) is 5.02 Å². The Morgan fingerprint density at radius 3 is 2.22 bits per heavy atom. The third-order valence-corrected chi connectivity index (χ3v) is 6.68. The Bertz CT molecular complexity index is 1170. The minimum Gasteiger partial charge on any atom is -0.497 e. The van der Waals surface area contributed by atoms with Crippen LogP contribution in [0.3, 0.4) is 0 Å². The van der Waals surface area contributed by atoms with Crippen molar-refractivity contribution in [3.8, 4) is 5.75 Å². The SMILES string of the molecule is COC(=O)C1=C(C(=O)OC)N(c2cc(OC)cc(S(=O)(=O)c3ccc(Cl)cc3)c2)COC1. The lowest BCUT2D eigenvalue weighted by Crippen LogP contribution is -2.38. The number of hydrogen-bond acceptors (Lipinski definition) is 9. The summed E-state index contributed by atoms with van der Waals surface area (Å²) in [6.45, 7) is -0.313. The van der Waals surface area contributed by atoms with E-state index >= 15 is 0 Å². The molecule has 2 aromatic rings. The van der Waals surface area contributed by atoms with E-state index in [9.17, 15) is 18.0 Å². The molecule has 0 saturated heterocycles. The van der Waals surface area contributed by atoms with Gasteiger partial charge in [-0.15, -0.1) is 0 Å². The summed E-state index contributed by atoms with van der Waals surface area (Å²) in [6, 6.07) is 9.91. The van der Waals surface area contributed by atoms with Gasteiger partial charge < -0.3 is 23.8 Å². The zero-order valence-electron chi connectivity index (χ0n) is 17.5. The minimum atomic E-state index is -3.96. The van der Waals surface area contributed by atoms with Crippen LogP contribution in [0.1, 0.15) is 0 Å². The van der Waals surface area contributed by atoms with Gasteiger partial charge in [0.25, 0.3) is 0 Å². The highest BCUT2D eigenvalue weighted by Crippen LogP contribution is 2.34. The Kier molecular flexibility index (Phi) is 7.07. The van der Waals surface area contributed by atoms with E-state index in [1.165, 1.54) is 68.7 Å². The maximum Gasteiger partial charge on any atom is 0.355 e. The lowest BCUT2D eigenvalue weighted by atomic mass is 10.1. The number of methoxy groups -OCH3 is 3. The molecule has 0 N–H and O–H groups in total. The number of sulfone groups is 1. The summed E-state index contributed by atoms with van der Waals surface area (Å²) in [5.41, 5.74) is 0.0580. The zero-order chi connectivity index (χ0) is 23.5. The van der Waals surface area contributed by atoms with Gasteiger partial charge in [-0.25, -0.2) is 18.0 Å². The Morgan fingerprint density at radius 1 is 0.969 bits per heavy atom. The van der Waals surface area contributed by atoms with Crippen LogP contribution in [-0.2, 0) is 33.6 Å². The number of esters is 2. The van der Waals surface area contributed by atoms with Crippen LogP contribution in [-0.4, -0.2) is 55.0 Å². The molecule has 3 rings (SSSR count). The first-order chi connectivity index (χ1) is 15.2. The van der Waals surface area contributed by atoms with E-state index in [1.54, 1.807) is 0 Å². The summed E-state index contributed by atoms with van der Waals surface area (Å²) in [7, 11) is -0.242. The van der Waals surface area contributed by atoms with E-state index in [1.807, 2.05) is 0 Å². The third kappa shape index (κ3) is 4.57. The molecular formula is C21H20ClNO8S. The smallest absolute Gasteiger partial charge is 0.355 e. The number of carbonyl (C=O) groups excluding carboxylic acids is 2. The molecule has 0 unspecified atom stereocenters. The average Bonchev–Trinajstić information content (AvgIpc) is 2.82. The predicted molar refractivity (Wildman–Crippen MR) is 114 cm³/mol. The van der Waals surface area contributed by atoms with Gasteiger partial charge in [0.1, 0.15) is 18.2 Å². The molecular weight excluding hydrogens is 462 g/mol. The Balaban J connectivity index is 2.18. The van der Waals surface area contributed by atoms with Crippen LogP contribution in [0.15, 0.2) is 63.5 Å². The molecule has 0 aromatic heterocycles. The Hall–Kier alpha value is -3.08. The fourth-order valence-corrected chi connectivity index (χ4v) is 4.52. The van der Waals surface area contributed by atoms with Crippen molar-refractivity contribution in [3.63, 3.8) is 0 Å². The second-order valence-electron chi connectivity index (χ2n) is 6.54. The Morgan fingerprint density at radius 2 is 1.62 bits per heavy atom. The molecule has 0 aliphatic carbocycles. The highest BCUT2D eigenvalue weighted by atomic mass is 35.5. The molecule has 1 heterocycles. The predicted octanol–water partition coefficient (Wildman–Crippen LogP) is 2.58. The van der Waals surface area contributed by atoms with Crippen LogP contribution in [0.5, 0.6) is 5.75 Å². The van der Waals surface area contributed by atoms with Crippen molar-refractivity contribution in [3.05, 3.63) is 58.8 Å². The summed E-state index contributed by atoms with van der Waals surface area (Å²) in [5.74, 6) is -1.37. The van der Waals surface area contributed by atoms with Gasteiger partial charge >= 0.3 is 11.9 Å². The maximum absolute atomic E-state index is 13.2. The van der Waals surface area contributed by atoms with Gasteiger partial charge in [-0.3, -0.25) is 0 Å². The number of benzene rings is 2. The van der Waals surface area contributed by atoms with Crippen molar-refractivity contribution >= 4 is 39.1 Å². The summed E-state index contributed by atoms with van der Waals surface area (Å²) in [5, 5.41) is 0.393. The molecule has 0 atom stereocenters. The van der Waals surface area contributed by atoms with Gasteiger partial charge in [0, 0.05) is 16.8 Å². The first-order valence-electron chi connectivity index (χ1n) is 9.17. The zero-order valence-corrected chi connectivity index (χ0v) is 19.0. The summed E-state index contributed by atoms with van der Waals surface area (Å²) in [4.78, 5) is 26.0. The van der Waals surface area contributed by atoms with Gasteiger partial charge in [0.2, 0.25) is 9.84 Å². The molecule has 1 aliphatic heterocycles. The minimum absolute atomic E-state index is 0.0231. The molecule has 0 bridgehead atoms. The van der Waals surface area contributed by atoms with E-state index in [0.29, 0.717) is 5.02 Å². The highest BCUT2D eigenvalue weighted by molar-refractivity contribution is 7.91. The molecule has 32 heavy (non-hydrogen) atoms. The fraction of sp³-hybridized carbons (Fsp3) is 0.238. The first-order valence-corrected chi connectivity index (χ1v) is 11.0. The number of nitrogens with zero attached hydrogens (tertiary/aromatic N) is 1. The largest absolute Gasteiger partial charge is 0.497 e. The third-order valence-electron chi connectivity index (χ3n) is 4.68. The quantitative estimate of drug-likeness (QED) is 0.575. The summed E-state index contributed by atoms with van der Waals surface area (Å²) in [6.07, 6.45) is 0. The molecule has 11 heteroatoms. The standard InChI is InChI=1S/C21H20ClNO8S/c1-28-15-8-14(9-17(10-15)32(26,27)16-6-4-13(22)5-7-16)23-12-31-11-18(20(24)29-2)19(23)21(25)30-3/h4-10H,11-12H2,1-3H3. The number of ether oxygens (including phenoxy) is 4. The van der Waals surface area contributed by atoms with Crippen LogP contribution < -0.4 is 9.64 Å². The molecule has 2 aromatic carbocycles. The van der Waals surface area contributed by atoms with Crippen molar-refractivity contribution in [2.45, 2.75) is 9.79 Å². The van der Waals surface area contributed by atoms with E-state index < -0.39 is 21.8 Å². The first kappa shape index (κ1) is 23.6. The molecule has 9 nitrogen and oxygen atoms in total. The molecule has 170 valence electrons. The Labute approximate surface area is 190 Å². The average molecular weight is 482 g/mol. The molecule has 0 radical (unpaired) electrons. The lowest BCUT2D eigenvalue weighted by Gasteiger charge is -2.31. The second kappa shape index (κ2) is 9.60. The van der Waals surface area contributed by atoms with Gasteiger partial charge in [0.05, 0.1) is 43.3 Å². The fourth-order valence-electron chi connectivity index (χ4n) is 3.08. The van der Waals surface area contributed by atoms with Gasteiger partial charge in [-0.05, 0) is 36.4 Å². The van der Waals surface area contributed by atoms with Crippen molar-refractivity contribution in [2.24, 2.45) is 0 Å². The van der Waals surface area contributed by atoms with Crippen LogP contribution in [0, 0.1) is 0 Å². The number of carbonyl (C=O) groups is 2. The second-order valence-corrected chi connectivity index (χ2v) is 8.93. The molecule has 0 fully saturated rings. The number of hydrogen-bond donors (Lipinski definition) is 0. The van der Waals surface area contributed by atoms with E-state index in [-0.39, 0.29) is 45.8 Å². The molecule has 0 saturated carbocycles. The van der Waals surface area contributed by atoms with E-state index in [4.69, 9.17) is 30.5 Å². The van der Waals surface area contributed by atoms with Crippen molar-refractivity contribution < 1.29 is 37.0 Å². The summed E-state index contributed by atoms with van der Waals surface area (Å²) < 4.78 is 46.7. The van der Waals surface area contributed by atoms with Gasteiger partial charge in [0.15, 0.2) is 0 Å². The monoisotopic (exact) mass is 481 g/mol. The molecule has 0 spiro atoms. The van der Waals surface area contributed by atoms with Crippen LogP contribution in [0.4, 0.5) is 5.69 Å². The highest BCUT2D eigenvalue weighted by Gasteiger charge is 2.33. The van der Waals surface area contributed by atoms with Gasteiger partial charge in [-0.1, -0.05) is 11.6 Å². The molecule has 1 aliphatic rings. The topological polar surface area (TPSA) is 108 Å². The van der Waals surface area contributed by atoms with E-state index in [2.05, 4.69) is 0 Å². The van der Waals surface area contributed by atoms with Crippen molar-refractivity contribution in [1.82, 2.24) is 0 Å². The van der Waals surface area contributed by atoms with E-state index in [0.717, 1.165) is 0 Å². The number of rotatable bonds is 6. The van der Waals surface area contributed by atoms with Crippen LogP contribution in [0.25, 0.3) is 0 Å². The van der Waals surface area contributed by atoms with Crippen molar-refractivity contribution in [1.29, 1.82) is 0 Å². The lowest BCUT2D eigenvalue weighted by molar-refractivity contribution is -0.140. The summed E-state index contributed by atoms with van der Waals surface area (Å²) >= 11 is 5.87. The van der Waals surface area contributed by atoms with Crippen LogP contribution >= 0.6 is 11.6 Å². The molecule has 0 amide bonds. The normalized spacial score (nSPS) is 14.2. The number of anilines is 1. The maximum atomic E-state index is 13.2. The van der Waals surface area contributed by atoms with Crippen molar-refractivity contribution in [2.75, 3.05) is 39.6 Å².